The molecule has 1 aliphatic heterocycles. The fraction of sp³-hybridized carbons (Fsp3) is 0.778. The first-order valence-corrected chi connectivity index (χ1v) is 4.91. The zero-order chi connectivity index (χ0) is 11.4. The number of aliphatic carboxylic acids is 2. The van der Waals surface area contributed by atoms with E-state index in [4.69, 9.17) is 15.9 Å². The van der Waals surface area contributed by atoms with Crippen LogP contribution in [0.3, 0.4) is 0 Å². The second-order valence-corrected chi connectivity index (χ2v) is 3.93. The standard InChI is InChI=1S/C9H16N2O4/c10-7-3-6(9(14)15)4-11(5-7)2-1-8(12)13/h6-7H,1-5,10H2,(H,12,13)(H,14,15). The SMILES string of the molecule is NC1CC(C(=O)O)CN(CCC(=O)O)C1. The fourth-order valence-electron chi connectivity index (χ4n) is 1.85. The zero-order valence-electron chi connectivity index (χ0n) is 8.43. The highest BCUT2D eigenvalue weighted by molar-refractivity contribution is 5.70. The molecular formula is C9H16N2O4. The van der Waals surface area contributed by atoms with Crippen LogP contribution < -0.4 is 5.73 Å². The van der Waals surface area contributed by atoms with E-state index in [1.807, 2.05) is 0 Å². The molecule has 86 valence electrons. The Morgan fingerprint density at radius 3 is 2.53 bits per heavy atom. The summed E-state index contributed by atoms with van der Waals surface area (Å²) in [5.41, 5.74) is 5.71. The Bertz CT molecular complexity index is 256. The highest BCUT2D eigenvalue weighted by Gasteiger charge is 2.29. The van der Waals surface area contributed by atoms with E-state index >= 15 is 0 Å². The topological polar surface area (TPSA) is 104 Å². The van der Waals surface area contributed by atoms with Gasteiger partial charge in [-0.15, -0.1) is 0 Å². The number of piperidine rings is 1. The predicted octanol–water partition coefficient (Wildman–Crippen LogP) is -0.805. The van der Waals surface area contributed by atoms with E-state index in [0.717, 1.165) is 0 Å². The number of carboxylic acids is 2. The molecule has 1 heterocycles. The zero-order valence-corrected chi connectivity index (χ0v) is 8.43. The van der Waals surface area contributed by atoms with Crippen molar-refractivity contribution in [1.29, 1.82) is 0 Å². The van der Waals surface area contributed by atoms with Gasteiger partial charge in [-0.05, 0) is 6.42 Å². The van der Waals surface area contributed by atoms with Crippen LogP contribution >= 0.6 is 0 Å². The molecule has 2 unspecified atom stereocenters. The van der Waals surface area contributed by atoms with Crippen molar-refractivity contribution in [3.63, 3.8) is 0 Å². The lowest BCUT2D eigenvalue weighted by atomic mass is 9.95. The van der Waals surface area contributed by atoms with Crippen molar-refractivity contribution in [2.45, 2.75) is 18.9 Å². The van der Waals surface area contributed by atoms with Gasteiger partial charge in [-0.25, -0.2) is 0 Å². The Kier molecular flexibility index (Phi) is 4.05. The molecule has 0 bridgehead atoms. The van der Waals surface area contributed by atoms with Crippen LogP contribution in [-0.2, 0) is 9.59 Å². The summed E-state index contributed by atoms with van der Waals surface area (Å²) in [5.74, 6) is -2.20. The summed E-state index contributed by atoms with van der Waals surface area (Å²) in [6, 6.07) is -0.173. The van der Waals surface area contributed by atoms with E-state index in [-0.39, 0.29) is 12.5 Å². The molecule has 0 amide bonds. The molecular weight excluding hydrogens is 200 g/mol. The fourth-order valence-corrected chi connectivity index (χ4v) is 1.85. The largest absolute Gasteiger partial charge is 0.481 e. The average Bonchev–Trinajstić information content (AvgIpc) is 2.13. The smallest absolute Gasteiger partial charge is 0.307 e. The number of likely N-dealkylation sites (tertiary alicyclic amines) is 1. The molecule has 6 heteroatoms. The Hall–Kier alpha value is -1.14. The van der Waals surface area contributed by atoms with Crippen LogP contribution in [0.1, 0.15) is 12.8 Å². The normalized spacial score (nSPS) is 27.5. The van der Waals surface area contributed by atoms with Crippen LogP contribution in [-0.4, -0.2) is 52.7 Å². The molecule has 4 N–H and O–H groups in total. The number of carboxylic acid groups (broad SMARTS) is 2. The molecule has 1 aliphatic rings. The maximum absolute atomic E-state index is 10.8. The first-order chi connectivity index (χ1) is 6.99. The summed E-state index contributed by atoms with van der Waals surface area (Å²) >= 11 is 0. The van der Waals surface area contributed by atoms with Crippen molar-refractivity contribution in [3.8, 4) is 0 Å². The number of hydrogen-bond acceptors (Lipinski definition) is 4. The van der Waals surface area contributed by atoms with Crippen LogP contribution in [0.25, 0.3) is 0 Å². The van der Waals surface area contributed by atoms with Gasteiger partial charge in [-0.2, -0.15) is 0 Å². The molecule has 0 radical (unpaired) electrons. The summed E-state index contributed by atoms with van der Waals surface area (Å²) in [5, 5.41) is 17.4. The third kappa shape index (κ3) is 3.85. The van der Waals surface area contributed by atoms with Gasteiger partial charge >= 0.3 is 11.9 Å². The number of rotatable bonds is 4. The maximum Gasteiger partial charge on any atom is 0.307 e. The first-order valence-electron chi connectivity index (χ1n) is 4.91. The third-order valence-electron chi connectivity index (χ3n) is 2.55. The minimum atomic E-state index is -0.874. The second-order valence-electron chi connectivity index (χ2n) is 3.93. The first kappa shape index (κ1) is 11.9. The van der Waals surface area contributed by atoms with Gasteiger partial charge in [0, 0.05) is 25.7 Å². The average molecular weight is 216 g/mol. The summed E-state index contributed by atoms with van der Waals surface area (Å²) in [4.78, 5) is 23.0. The molecule has 0 aromatic carbocycles. The van der Waals surface area contributed by atoms with Gasteiger partial charge in [0.15, 0.2) is 0 Å². The minimum absolute atomic E-state index is 0.0268. The van der Waals surface area contributed by atoms with E-state index in [9.17, 15) is 9.59 Å². The Morgan fingerprint density at radius 2 is 2.00 bits per heavy atom. The molecule has 0 aliphatic carbocycles. The van der Waals surface area contributed by atoms with Crippen molar-refractivity contribution < 1.29 is 19.8 Å². The maximum atomic E-state index is 10.8. The molecule has 0 spiro atoms. The minimum Gasteiger partial charge on any atom is -0.481 e. The van der Waals surface area contributed by atoms with Gasteiger partial charge in [0.05, 0.1) is 12.3 Å². The Labute approximate surface area is 87.7 Å². The van der Waals surface area contributed by atoms with Crippen LogP contribution in [0.5, 0.6) is 0 Å². The highest BCUT2D eigenvalue weighted by Crippen LogP contribution is 2.16. The van der Waals surface area contributed by atoms with Crippen LogP contribution in [0, 0.1) is 5.92 Å². The second kappa shape index (κ2) is 5.09. The van der Waals surface area contributed by atoms with E-state index in [2.05, 4.69) is 0 Å². The third-order valence-corrected chi connectivity index (χ3v) is 2.55. The summed E-state index contributed by atoms with van der Waals surface area (Å²) in [6.07, 6.45) is 0.498. The molecule has 1 rings (SSSR count). The molecule has 15 heavy (non-hydrogen) atoms. The summed E-state index contributed by atoms with van der Waals surface area (Å²) in [6.45, 7) is 1.35. The number of nitrogens with zero attached hydrogens (tertiary/aromatic N) is 1. The Balaban J connectivity index is 2.44. The predicted molar refractivity (Wildman–Crippen MR) is 52.4 cm³/mol. The van der Waals surface area contributed by atoms with E-state index in [1.165, 1.54) is 0 Å². The molecule has 1 saturated heterocycles. The van der Waals surface area contributed by atoms with Gasteiger partial charge in [0.2, 0.25) is 0 Å². The van der Waals surface area contributed by atoms with Gasteiger partial charge in [-0.3, -0.25) is 9.59 Å². The molecule has 0 aromatic heterocycles. The molecule has 2 atom stereocenters. The highest BCUT2D eigenvalue weighted by atomic mass is 16.4. The number of nitrogens with two attached hydrogens (primary N) is 1. The molecule has 1 fully saturated rings. The summed E-state index contributed by atoms with van der Waals surface area (Å²) in [7, 11) is 0. The van der Waals surface area contributed by atoms with Gasteiger partial charge in [0.25, 0.3) is 0 Å². The van der Waals surface area contributed by atoms with Crippen molar-refractivity contribution in [2.24, 2.45) is 11.7 Å². The van der Waals surface area contributed by atoms with Crippen molar-refractivity contribution in [3.05, 3.63) is 0 Å². The van der Waals surface area contributed by atoms with Crippen molar-refractivity contribution >= 4 is 11.9 Å². The monoisotopic (exact) mass is 216 g/mol. The lowest BCUT2D eigenvalue weighted by molar-refractivity contribution is -0.143. The van der Waals surface area contributed by atoms with Crippen LogP contribution in [0.15, 0.2) is 0 Å². The number of carbonyl (C=O) groups is 2. The summed E-state index contributed by atoms with van der Waals surface area (Å²) < 4.78 is 0. The quantitative estimate of drug-likeness (QED) is 0.568. The van der Waals surface area contributed by atoms with E-state index in [1.54, 1.807) is 4.90 Å². The number of hydrogen-bond donors (Lipinski definition) is 3. The molecule has 0 aromatic rings. The van der Waals surface area contributed by atoms with Crippen molar-refractivity contribution in [2.75, 3.05) is 19.6 Å². The lowest BCUT2D eigenvalue weighted by Crippen LogP contribution is -2.49. The van der Waals surface area contributed by atoms with Gasteiger partial charge in [0.1, 0.15) is 0 Å². The van der Waals surface area contributed by atoms with Crippen molar-refractivity contribution in [1.82, 2.24) is 4.90 Å². The molecule has 0 saturated carbocycles. The van der Waals surface area contributed by atoms with Crippen LogP contribution in [0.4, 0.5) is 0 Å². The lowest BCUT2D eigenvalue weighted by Gasteiger charge is -2.34. The Morgan fingerprint density at radius 1 is 1.33 bits per heavy atom. The van der Waals surface area contributed by atoms with E-state index in [0.29, 0.717) is 26.1 Å². The van der Waals surface area contributed by atoms with Crippen LogP contribution in [0.2, 0.25) is 0 Å². The van der Waals surface area contributed by atoms with E-state index < -0.39 is 17.9 Å². The van der Waals surface area contributed by atoms with Gasteiger partial charge < -0.3 is 20.8 Å². The molecule has 6 nitrogen and oxygen atoms in total. The van der Waals surface area contributed by atoms with Gasteiger partial charge in [-0.1, -0.05) is 0 Å².